The van der Waals surface area contributed by atoms with Crippen LogP contribution in [0.15, 0.2) is 24.3 Å². The molecule has 4 heteroatoms. The van der Waals surface area contributed by atoms with Gasteiger partial charge < -0.3 is 9.80 Å². The molecule has 1 spiro atoms. The van der Waals surface area contributed by atoms with E-state index in [0.29, 0.717) is 11.8 Å². The number of hydrogen-bond acceptors (Lipinski definition) is 2. The van der Waals surface area contributed by atoms with Gasteiger partial charge in [0.2, 0.25) is 5.91 Å². The SMILES string of the molecule is CC1(C)CC2(CCCN2C(=O)CC2CCCCC2)CN1c1cccc(F)c1. The maximum absolute atomic E-state index is 13.8. The first-order valence-electron chi connectivity index (χ1n) is 10.7. The van der Waals surface area contributed by atoms with Gasteiger partial charge in [-0.2, -0.15) is 0 Å². The number of carbonyl (C=O) groups excluding carboxylic acids is 1. The lowest BCUT2D eigenvalue weighted by Gasteiger charge is -2.36. The van der Waals surface area contributed by atoms with E-state index in [0.717, 1.165) is 44.5 Å². The Bertz CT molecular complexity index is 697. The lowest BCUT2D eigenvalue weighted by Crippen LogP contribution is -2.49. The topological polar surface area (TPSA) is 23.6 Å². The summed E-state index contributed by atoms with van der Waals surface area (Å²) >= 11 is 0. The van der Waals surface area contributed by atoms with E-state index in [-0.39, 0.29) is 16.9 Å². The number of hydrogen-bond donors (Lipinski definition) is 0. The van der Waals surface area contributed by atoms with E-state index in [1.807, 2.05) is 6.07 Å². The monoisotopic (exact) mass is 372 g/mol. The van der Waals surface area contributed by atoms with Gasteiger partial charge >= 0.3 is 0 Å². The summed E-state index contributed by atoms with van der Waals surface area (Å²) in [6, 6.07) is 6.90. The molecule has 0 aromatic heterocycles. The van der Waals surface area contributed by atoms with Gasteiger partial charge in [-0.1, -0.05) is 25.3 Å². The summed E-state index contributed by atoms with van der Waals surface area (Å²) in [6.07, 6.45) is 10.2. The van der Waals surface area contributed by atoms with E-state index in [2.05, 4.69) is 23.6 Å². The number of anilines is 1. The molecular formula is C23H33FN2O. The van der Waals surface area contributed by atoms with Crippen LogP contribution in [-0.4, -0.2) is 35.0 Å². The molecule has 0 N–H and O–H groups in total. The van der Waals surface area contributed by atoms with Crippen molar-refractivity contribution in [2.45, 2.75) is 82.7 Å². The highest BCUT2D eigenvalue weighted by molar-refractivity contribution is 5.78. The van der Waals surface area contributed by atoms with Gasteiger partial charge in [0.05, 0.1) is 5.54 Å². The van der Waals surface area contributed by atoms with Crippen LogP contribution >= 0.6 is 0 Å². The maximum atomic E-state index is 13.8. The van der Waals surface area contributed by atoms with Crippen LogP contribution in [0.3, 0.4) is 0 Å². The second kappa shape index (κ2) is 7.10. The summed E-state index contributed by atoms with van der Waals surface area (Å²) in [5.74, 6) is 0.745. The van der Waals surface area contributed by atoms with Crippen molar-refractivity contribution in [3.05, 3.63) is 30.1 Å². The van der Waals surface area contributed by atoms with Crippen LogP contribution < -0.4 is 4.90 Å². The average molecular weight is 373 g/mol. The van der Waals surface area contributed by atoms with Gasteiger partial charge in [0.1, 0.15) is 5.82 Å². The lowest BCUT2D eigenvalue weighted by molar-refractivity contribution is -0.136. The smallest absolute Gasteiger partial charge is 0.223 e. The molecule has 0 radical (unpaired) electrons. The minimum atomic E-state index is -0.194. The molecule has 1 unspecified atom stereocenters. The summed E-state index contributed by atoms with van der Waals surface area (Å²) in [5, 5.41) is 0. The molecule has 1 amide bonds. The molecule has 2 aliphatic heterocycles. The van der Waals surface area contributed by atoms with E-state index >= 15 is 0 Å². The van der Waals surface area contributed by atoms with Crippen molar-refractivity contribution in [2.24, 2.45) is 5.92 Å². The Labute approximate surface area is 162 Å². The zero-order valence-corrected chi connectivity index (χ0v) is 16.8. The fourth-order valence-electron chi connectivity index (χ4n) is 5.97. The van der Waals surface area contributed by atoms with Gasteiger partial charge in [-0.05, 0) is 70.1 Å². The van der Waals surface area contributed by atoms with Gasteiger partial charge in [0.15, 0.2) is 0 Å². The molecule has 148 valence electrons. The molecule has 1 aromatic carbocycles. The van der Waals surface area contributed by atoms with E-state index in [9.17, 15) is 9.18 Å². The summed E-state index contributed by atoms with van der Waals surface area (Å²) < 4.78 is 13.8. The number of likely N-dealkylation sites (tertiary alicyclic amines) is 1. The molecule has 1 saturated carbocycles. The van der Waals surface area contributed by atoms with Crippen molar-refractivity contribution in [2.75, 3.05) is 18.0 Å². The second-order valence-corrected chi connectivity index (χ2v) is 9.64. The zero-order chi connectivity index (χ0) is 19.1. The molecule has 3 fully saturated rings. The minimum Gasteiger partial charge on any atom is -0.364 e. The fraction of sp³-hybridized carbons (Fsp3) is 0.696. The van der Waals surface area contributed by atoms with Crippen molar-refractivity contribution in [1.29, 1.82) is 0 Å². The van der Waals surface area contributed by atoms with Gasteiger partial charge in [-0.15, -0.1) is 0 Å². The highest BCUT2D eigenvalue weighted by Gasteiger charge is 2.54. The average Bonchev–Trinajstić information content (AvgIpc) is 3.15. The molecule has 1 aromatic rings. The summed E-state index contributed by atoms with van der Waals surface area (Å²) in [5.41, 5.74) is 0.770. The number of amides is 1. The molecule has 2 saturated heterocycles. The Kier molecular flexibility index (Phi) is 4.94. The Balaban J connectivity index is 1.53. The van der Waals surface area contributed by atoms with E-state index in [1.165, 1.54) is 38.2 Å². The van der Waals surface area contributed by atoms with Crippen LogP contribution in [-0.2, 0) is 4.79 Å². The van der Waals surface area contributed by atoms with Crippen molar-refractivity contribution in [3.63, 3.8) is 0 Å². The highest BCUT2D eigenvalue weighted by Crippen LogP contribution is 2.47. The van der Waals surface area contributed by atoms with Crippen LogP contribution in [0, 0.1) is 11.7 Å². The van der Waals surface area contributed by atoms with E-state index in [4.69, 9.17) is 0 Å². The number of carbonyl (C=O) groups is 1. The fourth-order valence-corrected chi connectivity index (χ4v) is 5.97. The van der Waals surface area contributed by atoms with E-state index < -0.39 is 0 Å². The number of nitrogens with zero attached hydrogens (tertiary/aromatic N) is 2. The third-order valence-electron chi connectivity index (χ3n) is 7.15. The van der Waals surface area contributed by atoms with E-state index in [1.54, 1.807) is 12.1 Å². The van der Waals surface area contributed by atoms with Crippen LogP contribution in [0.2, 0.25) is 0 Å². The molecule has 2 heterocycles. The molecule has 1 aliphatic carbocycles. The van der Waals surface area contributed by atoms with Crippen LogP contribution in [0.5, 0.6) is 0 Å². The Hall–Kier alpha value is -1.58. The maximum Gasteiger partial charge on any atom is 0.223 e. The first kappa shape index (κ1) is 18.8. The Morgan fingerprint density at radius 3 is 2.70 bits per heavy atom. The Morgan fingerprint density at radius 1 is 1.19 bits per heavy atom. The van der Waals surface area contributed by atoms with Crippen LogP contribution in [0.25, 0.3) is 0 Å². The quantitative estimate of drug-likeness (QED) is 0.733. The van der Waals surface area contributed by atoms with Gasteiger partial charge in [0.25, 0.3) is 0 Å². The van der Waals surface area contributed by atoms with Crippen molar-refractivity contribution in [3.8, 4) is 0 Å². The van der Waals surface area contributed by atoms with Crippen molar-refractivity contribution < 1.29 is 9.18 Å². The first-order chi connectivity index (χ1) is 12.9. The second-order valence-electron chi connectivity index (χ2n) is 9.64. The molecular weight excluding hydrogens is 339 g/mol. The third-order valence-corrected chi connectivity index (χ3v) is 7.15. The normalized spacial score (nSPS) is 28.3. The van der Waals surface area contributed by atoms with Gasteiger partial charge in [-0.25, -0.2) is 4.39 Å². The predicted octanol–water partition coefficient (Wildman–Crippen LogP) is 5.15. The molecule has 27 heavy (non-hydrogen) atoms. The van der Waals surface area contributed by atoms with Crippen molar-refractivity contribution >= 4 is 11.6 Å². The first-order valence-corrected chi connectivity index (χ1v) is 10.7. The van der Waals surface area contributed by atoms with Gasteiger partial charge in [-0.3, -0.25) is 4.79 Å². The molecule has 0 bridgehead atoms. The summed E-state index contributed by atoms with van der Waals surface area (Å²) in [7, 11) is 0. The Morgan fingerprint density at radius 2 is 1.96 bits per heavy atom. The number of benzene rings is 1. The zero-order valence-electron chi connectivity index (χ0n) is 16.8. The van der Waals surface area contributed by atoms with Gasteiger partial charge in [0, 0.05) is 30.7 Å². The van der Waals surface area contributed by atoms with Crippen LogP contribution in [0.1, 0.15) is 71.6 Å². The summed E-state index contributed by atoms with van der Waals surface area (Å²) in [4.78, 5) is 17.8. The molecule has 3 aliphatic rings. The minimum absolute atomic E-state index is 0.0818. The highest BCUT2D eigenvalue weighted by atomic mass is 19.1. The lowest BCUT2D eigenvalue weighted by atomic mass is 9.85. The largest absolute Gasteiger partial charge is 0.364 e. The molecule has 4 rings (SSSR count). The summed E-state index contributed by atoms with van der Waals surface area (Å²) in [6.45, 7) is 6.17. The van der Waals surface area contributed by atoms with Crippen molar-refractivity contribution in [1.82, 2.24) is 4.90 Å². The number of halogens is 1. The molecule has 3 nitrogen and oxygen atoms in total. The third kappa shape index (κ3) is 3.60. The predicted molar refractivity (Wildman–Crippen MR) is 107 cm³/mol. The molecule has 1 atom stereocenters. The standard InChI is InChI=1S/C23H33FN2O/c1-22(2)16-23(17-26(22)20-11-6-10-19(24)15-20)12-7-13-25(23)21(27)14-18-8-4-3-5-9-18/h6,10-11,15,18H,3-5,7-9,12-14,16-17H2,1-2H3. The number of rotatable bonds is 3. The van der Waals surface area contributed by atoms with Crippen LogP contribution in [0.4, 0.5) is 10.1 Å².